The molecule has 0 bridgehead atoms. The second-order valence-corrected chi connectivity index (χ2v) is 7.28. The van der Waals surface area contributed by atoms with Crippen molar-refractivity contribution < 1.29 is 40.3 Å². The highest BCUT2D eigenvalue weighted by molar-refractivity contribution is 6.32. The molecular weight excluding hydrogens is 497 g/mol. The lowest BCUT2D eigenvalue weighted by molar-refractivity contribution is -0.212. The van der Waals surface area contributed by atoms with Gasteiger partial charge in [0.1, 0.15) is 6.07 Å². The monoisotopic (exact) mass is 506 g/mol. The van der Waals surface area contributed by atoms with Crippen LogP contribution in [0.15, 0.2) is 30.3 Å². The molecule has 1 aliphatic heterocycles. The summed E-state index contributed by atoms with van der Waals surface area (Å²) in [5, 5.41) is 19.1. The quantitative estimate of drug-likeness (QED) is 0.594. The zero-order chi connectivity index (χ0) is 25.4. The van der Waals surface area contributed by atoms with Crippen LogP contribution in [0.4, 0.5) is 42.1 Å². The van der Waals surface area contributed by atoms with Crippen molar-refractivity contribution >= 4 is 28.9 Å². The van der Waals surface area contributed by atoms with Crippen molar-refractivity contribution in [3.63, 3.8) is 0 Å². The molecule has 0 saturated carbocycles. The van der Waals surface area contributed by atoms with Crippen molar-refractivity contribution in [2.45, 2.75) is 24.7 Å². The van der Waals surface area contributed by atoms with Crippen LogP contribution in [-0.4, -0.2) is 31.0 Å². The molecule has 0 spiro atoms. The van der Waals surface area contributed by atoms with Crippen LogP contribution in [0.25, 0.3) is 0 Å². The Balaban J connectivity index is 1.92. The van der Waals surface area contributed by atoms with Crippen molar-refractivity contribution in [1.82, 2.24) is 0 Å². The number of nitrogens with zero attached hydrogens (tertiary/aromatic N) is 3. The summed E-state index contributed by atoms with van der Waals surface area (Å²) in [6.45, 7) is -0.842. The van der Waals surface area contributed by atoms with Gasteiger partial charge < -0.3 is 15.0 Å². The van der Waals surface area contributed by atoms with Crippen LogP contribution in [0.5, 0.6) is 0 Å². The lowest BCUT2D eigenvalue weighted by atomic mass is 10.1. The zero-order valence-corrected chi connectivity index (χ0v) is 17.2. The minimum atomic E-state index is -5.12. The highest BCUT2D eigenvalue weighted by Crippen LogP contribution is 2.39. The molecular formula is C20H10ClF7N4O2. The maximum atomic E-state index is 14.3. The van der Waals surface area contributed by atoms with E-state index in [4.69, 9.17) is 26.9 Å². The molecule has 2 atom stereocenters. The highest BCUT2D eigenvalue weighted by atomic mass is 35.5. The maximum absolute atomic E-state index is 14.3. The molecule has 14 heteroatoms. The number of ether oxygens (including phenoxy) is 1. The molecule has 0 aliphatic carbocycles. The van der Waals surface area contributed by atoms with Crippen LogP contribution < -0.4 is 10.2 Å². The normalized spacial score (nSPS) is 18.4. The first-order chi connectivity index (χ1) is 15.8. The summed E-state index contributed by atoms with van der Waals surface area (Å²) < 4.78 is 99.5. The Bertz CT molecular complexity index is 1220. The van der Waals surface area contributed by atoms with Crippen LogP contribution in [-0.2, 0) is 15.7 Å². The van der Waals surface area contributed by atoms with Crippen LogP contribution in [0.1, 0.15) is 16.7 Å². The Morgan fingerprint density at radius 3 is 2.26 bits per heavy atom. The van der Waals surface area contributed by atoms with Crippen LogP contribution in [0.2, 0.25) is 5.02 Å². The van der Waals surface area contributed by atoms with Gasteiger partial charge in [-0.25, -0.2) is 4.39 Å². The number of hydrogen-bond acceptors (Lipinski definition) is 5. The number of anilines is 2. The van der Waals surface area contributed by atoms with E-state index in [1.807, 2.05) is 5.32 Å². The Morgan fingerprint density at radius 1 is 1.09 bits per heavy atom. The average Bonchev–Trinajstić information content (AvgIpc) is 3.22. The van der Waals surface area contributed by atoms with Gasteiger partial charge in [-0.05, 0) is 30.3 Å². The third kappa shape index (κ3) is 4.85. The molecule has 0 radical (unpaired) electrons. The molecule has 1 N–H and O–H groups in total. The molecule has 1 fully saturated rings. The third-order valence-corrected chi connectivity index (χ3v) is 5.10. The predicted octanol–water partition coefficient (Wildman–Crippen LogP) is 4.97. The largest absolute Gasteiger partial charge is 0.433 e. The molecule has 1 aliphatic rings. The first-order valence-electron chi connectivity index (χ1n) is 9.07. The smallest absolute Gasteiger partial charge is 0.335 e. The number of alkyl halides is 6. The number of nitrogens with one attached hydrogen (secondary N) is 1. The fourth-order valence-corrected chi connectivity index (χ4v) is 3.38. The van der Waals surface area contributed by atoms with Crippen molar-refractivity contribution in [3.05, 3.63) is 57.9 Å². The van der Waals surface area contributed by atoms with E-state index in [1.165, 1.54) is 6.07 Å². The molecule has 0 aromatic heterocycles. The Morgan fingerprint density at radius 2 is 1.71 bits per heavy atom. The van der Waals surface area contributed by atoms with Crippen LogP contribution in [0, 0.1) is 28.5 Å². The zero-order valence-electron chi connectivity index (χ0n) is 16.4. The van der Waals surface area contributed by atoms with Gasteiger partial charge in [0.05, 0.1) is 40.0 Å². The van der Waals surface area contributed by atoms with Gasteiger partial charge >= 0.3 is 12.4 Å². The predicted molar refractivity (Wildman–Crippen MR) is 103 cm³/mol. The second kappa shape index (κ2) is 9.00. The molecule has 2 aromatic rings. The molecule has 3 rings (SSSR count). The fraction of sp³-hybridized carbons (Fsp3) is 0.250. The SMILES string of the molecule is N#Cc1ccc(N2C[C@@H](C(=O)Nc3ccc(C#N)c(Cl)c3F)O[C@@H]2C(F)(F)F)cc1C(F)(F)F. The number of carbonyl (C=O) groups excluding carboxylic acids is 1. The van der Waals surface area contributed by atoms with E-state index < -0.39 is 70.5 Å². The molecule has 1 amide bonds. The van der Waals surface area contributed by atoms with Crippen LogP contribution >= 0.6 is 11.6 Å². The van der Waals surface area contributed by atoms with Crippen molar-refractivity contribution in [2.75, 3.05) is 16.8 Å². The minimum Gasteiger partial charge on any atom is -0.335 e. The third-order valence-electron chi connectivity index (χ3n) is 4.73. The fourth-order valence-electron chi connectivity index (χ4n) is 3.17. The van der Waals surface area contributed by atoms with Gasteiger partial charge in [0, 0.05) is 5.69 Å². The molecule has 178 valence electrons. The lowest BCUT2D eigenvalue weighted by Crippen LogP contribution is -2.42. The minimum absolute atomic E-state index is 0.251. The van der Waals surface area contributed by atoms with Gasteiger partial charge in [-0.3, -0.25) is 4.79 Å². The molecule has 0 unspecified atom stereocenters. The first-order valence-corrected chi connectivity index (χ1v) is 9.44. The van der Waals surface area contributed by atoms with E-state index in [0.717, 1.165) is 18.2 Å². The lowest BCUT2D eigenvalue weighted by Gasteiger charge is -2.27. The second-order valence-electron chi connectivity index (χ2n) is 6.90. The molecule has 6 nitrogen and oxygen atoms in total. The van der Waals surface area contributed by atoms with E-state index in [1.54, 1.807) is 6.07 Å². The molecule has 1 saturated heterocycles. The van der Waals surface area contributed by atoms with Gasteiger partial charge in [-0.1, -0.05) is 11.6 Å². The Hall–Kier alpha value is -3.55. The highest BCUT2D eigenvalue weighted by Gasteiger charge is 2.52. The summed E-state index contributed by atoms with van der Waals surface area (Å²) in [5.74, 6) is -2.45. The summed E-state index contributed by atoms with van der Waals surface area (Å²) in [6, 6.07) is 6.84. The van der Waals surface area contributed by atoms with E-state index in [2.05, 4.69) is 0 Å². The number of nitriles is 2. The summed E-state index contributed by atoms with van der Waals surface area (Å²) in [4.78, 5) is 12.9. The van der Waals surface area contributed by atoms with Crippen molar-refractivity contribution in [3.8, 4) is 12.1 Å². The van der Waals surface area contributed by atoms with Gasteiger partial charge in [-0.2, -0.15) is 36.9 Å². The van der Waals surface area contributed by atoms with E-state index in [-0.39, 0.29) is 5.56 Å². The van der Waals surface area contributed by atoms with E-state index in [0.29, 0.717) is 17.0 Å². The van der Waals surface area contributed by atoms with E-state index in [9.17, 15) is 35.5 Å². The van der Waals surface area contributed by atoms with Crippen molar-refractivity contribution in [2.24, 2.45) is 0 Å². The number of benzene rings is 2. The number of halogens is 8. The number of carbonyl (C=O) groups is 1. The van der Waals surface area contributed by atoms with Crippen LogP contribution in [0.3, 0.4) is 0 Å². The standard InChI is InChI=1S/C20H10ClF7N4O2/c21-15-10(7-30)2-4-13(16(15)22)31-17(33)14-8-32(18(34-14)20(26,27)28)11-3-1-9(6-29)12(5-11)19(23,24)25/h1-5,14,18H,8H2,(H,31,33)/t14-,18+/m0/s1. The number of amides is 1. The average molecular weight is 507 g/mol. The topological polar surface area (TPSA) is 89.2 Å². The summed E-state index contributed by atoms with van der Waals surface area (Å²) in [5.41, 5.74) is -3.66. The molecule has 1 heterocycles. The van der Waals surface area contributed by atoms with Gasteiger partial charge in [0.15, 0.2) is 11.9 Å². The number of hydrogen-bond donors (Lipinski definition) is 1. The first kappa shape index (κ1) is 25.1. The summed E-state index contributed by atoms with van der Waals surface area (Å²) in [6.07, 6.45) is -14.8. The maximum Gasteiger partial charge on any atom is 0.433 e. The summed E-state index contributed by atoms with van der Waals surface area (Å²) in [7, 11) is 0. The molecule has 2 aromatic carbocycles. The van der Waals surface area contributed by atoms with Gasteiger partial charge in [-0.15, -0.1) is 0 Å². The Labute approximate surface area is 191 Å². The van der Waals surface area contributed by atoms with Gasteiger partial charge in [0.2, 0.25) is 6.23 Å². The van der Waals surface area contributed by atoms with E-state index >= 15 is 0 Å². The van der Waals surface area contributed by atoms with Crippen molar-refractivity contribution in [1.29, 1.82) is 10.5 Å². The molecule has 34 heavy (non-hydrogen) atoms. The van der Waals surface area contributed by atoms with Gasteiger partial charge in [0.25, 0.3) is 5.91 Å². The Kier molecular flexibility index (Phi) is 6.64. The number of rotatable bonds is 3. The summed E-state index contributed by atoms with van der Waals surface area (Å²) >= 11 is 5.65.